The van der Waals surface area contributed by atoms with Gasteiger partial charge in [0.2, 0.25) is 0 Å². The van der Waals surface area contributed by atoms with Gasteiger partial charge < -0.3 is 5.32 Å². The van der Waals surface area contributed by atoms with E-state index in [1.54, 1.807) is 18.5 Å². The summed E-state index contributed by atoms with van der Waals surface area (Å²) in [6.07, 6.45) is 3.27. The number of hydrogen-bond acceptors (Lipinski definition) is 5. The topological polar surface area (TPSA) is 74.5 Å². The summed E-state index contributed by atoms with van der Waals surface area (Å²) < 4.78 is 0. The van der Waals surface area contributed by atoms with E-state index in [0.29, 0.717) is 5.56 Å². The third-order valence-corrected chi connectivity index (χ3v) is 3.19. The zero-order valence-electron chi connectivity index (χ0n) is 13.0. The number of pyridine rings is 1. The number of nitrogens with zero attached hydrogens (tertiary/aromatic N) is 4. The van der Waals surface area contributed by atoms with Gasteiger partial charge in [-0.25, -0.2) is 9.97 Å². The molecule has 5 heteroatoms. The number of aromatic nitrogens is 3. The van der Waals surface area contributed by atoms with E-state index in [1.165, 1.54) is 0 Å². The van der Waals surface area contributed by atoms with Gasteiger partial charge in [0.05, 0.1) is 11.3 Å². The molecule has 0 radical (unpaired) electrons. The van der Waals surface area contributed by atoms with Crippen LogP contribution in [-0.4, -0.2) is 22.0 Å². The average molecular weight is 281 g/mol. The van der Waals surface area contributed by atoms with Crippen molar-refractivity contribution in [3.63, 3.8) is 0 Å². The minimum absolute atomic E-state index is 0.158. The highest BCUT2D eigenvalue weighted by atomic mass is 15.0. The molecular formula is C16H19N5. The Balaban J connectivity index is 2.70. The first kappa shape index (κ1) is 14.9. The van der Waals surface area contributed by atoms with E-state index in [-0.39, 0.29) is 5.41 Å². The molecule has 2 aromatic rings. The van der Waals surface area contributed by atoms with Gasteiger partial charge in [0.15, 0.2) is 0 Å². The maximum absolute atomic E-state index is 9.03. The summed E-state index contributed by atoms with van der Waals surface area (Å²) >= 11 is 0. The van der Waals surface area contributed by atoms with Gasteiger partial charge in [-0.05, 0) is 13.0 Å². The lowest BCUT2D eigenvalue weighted by Crippen LogP contribution is -2.18. The summed E-state index contributed by atoms with van der Waals surface area (Å²) in [6, 6.07) is 3.91. The van der Waals surface area contributed by atoms with Crippen LogP contribution < -0.4 is 5.32 Å². The van der Waals surface area contributed by atoms with Crippen LogP contribution in [-0.2, 0) is 5.41 Å². The van der Waals surface area contributed by atoms with Crippen molar-refractivity contribution >= 4 is 5.82 Å². The Morgan fingerprint density at radius 1 is 1.19 bits per heavy atom. The predicted molar refractivity (Wildman–Crippen MR) is 83.0 cm³/mol. The fourth-order valence-corrected chi connectivity index (χ4v) is 2.01. The van der Waals surface area contributed by atoms with E-state index < -0.39 is 0 Å². The fourth-order valence-electron chi connectivity index (χ4n) is 2.01. The Morgan fingerprint density at radius 2 is 1.90 bits per heavy atom. The van der Waals surface area contributed by atoms with Crippen molar-refractivity contribution in [1.29, 1.82) is 5.26 Å². The Kier molecular flexibility index (Phi) is 3.90. The molecule has 0 amide bonds. The summed E-state index contributed by atoms with van der Waals surface area (Å²) in [5, 5.41) is 12.1. The lowest BCUT2D eigenvalue weighted by atomic mass is 9.95. The molecule has 2 heterocycles. The van der Waals surface area contributed by atoms with Gasteiger partial charge in [-0.1, -0.05) is 20.8 Å². The van der Waals surface area contributed by atoms with Crippen LogP contribution in [0.3, 0.4) is 0 Å². The second-order valence-corrected chi connectivity index (χ2v) is 5.94. The molecule has 5 nitrogen and oxygen atoms in total. The largest absolute Gasteiger partial charge is 0.373 e. The van der Waals surface area contributed by atoms with Crippen molar-refractivity contribution in [2.45, 2.75) is 33.1 Å². The van der Waals surface area contributed by atoms with E-state index in [9.17, 15) is 0 Å². The zero-order chi connectivity index (χ0) is 15.6. The average Bonchev–Trinajstić information content (AvgIpc) is 2.46. The smallest absolute Gasteiger partial charge is 0.136 e. The van der Waals surface area contributed by atoms with Crippen molar-refractivity contribution in [1.82, 2.24) is 15.0 Å². The summed E-state index contributed by atoms with van der Waals surface area (Å²) in [5.41, 5.74) is 2.95. The predicted octanol–water partition coefficient (Wildman–Crippen LogP) is 3.06. The molecule has 0 aliphatic rings. The van der Waals surface area contributed by atoms with Crippen LogP contribution in [0.4, 0.5) is 5.82 Å². The first-order valence-corrected chi connectivity index (χ1v) is 6.79. The molecule has 1 N–H and O–H groups in total. The molecule has 108 valence electrons. The lowest BCUT2D eigenvalue weighted by Gasteiger charge is -2.20. The van der Waals surface area contributed by atoms with Crippen molar-refractivity contribution in [2.24, 2.45) is 0 Å². The third kappa shape index (κ3) is 3.00. The molecule has 0 fully saturated rings. The second-order valence-electron chi connectivity index (χ2n) is 5.94. The van der Waals surface area contributed by atoms with E-state index in [1.807, 2.05) is 14.0 Å². The summed E-state index contributed by atoms with van der Waals surface area (Å²) in [4.78, 5) is 13.4. The maximum Gasteiger partial charge on any atom is 0.136 e. The van der Waals surface area contributed by atoms with E-state index in [2.05, 4.69) is 42.1 Å². The Hall–Kier alpha value is -2.48. The molecule has 0 aliphatic carbocycles. The van der Waals surface area contributed by atoms with Crippen LogP contribution in [0.5, 0.6) is 0 Å². The first-order valence-electron chi connectivity index (χ1n) is 6.79. The quantitative estimate of drug-likeness (QED) is 0.915. The van der Waals surface area contributed by atoms with Gasteiger partial charge in [-0.15, -0.1) is 0 Å². The second kappa shape index (κ2) is 5.49. The molecule has 21 heavy (non-hydrogen) atoms. The van der Waals surface area contributed by atoms with Gasteiger partial charge in [-0.3, -0.25) is 4.98 Å². The molecule has 0 saturated heterocycles. The van der Waals surface area contributed by atoms with Crippen LogP contribution in [0.25, 0.3) is 11.3 Å². The van der Waals surface area contributed by atoms with Crippen LogP contribution in [0.15, 0.2) is 18.5 Å². The molecule has 0 aliphatic heterocycles. The fraction of sp³-hybridized carbons (Fsp3) is 0.375. The maximum atomic E-state index is 9.03. The lowest BCUT2D eigenvalue weighted by molar-refractivity contribution is 0.546. The molecule has 0 bridgehead atoms. The number of nitriles is 1. The molecule has 0 atom stereocenters. The SMILES string of the molecule is CNc1nc(C(C)(C)C)nc(-c2cncc(C#N)c2)c1C. The number of anilines is 1. The highest BCUT2D eigenvalue weighted by Gasteiger charge is 2.21. The highest BCUT2D eigenvalue weighted by molar-refractivity contribution is 5.68. The normalized spacial score (nSPS) is 11.0. The van der Waals surface area contributed by atoms with E-state index >= 15 is 0 Å². The van der Waals surface area contributed by atoms with Crippen molar-refractivity contribution in [3.8, 4) is 17.3 Å². The van der Waals surface area contributed by atoms with Crippen LogP contribution >= 0.6 is 0 Å². The van der Waals surface area contributed by atoms with Crippen molar-refractivity contribution in [3.05, 3.63) is 35.4 Å². The minimum atomic E-state index is -0.158. The van der Waals surface area contributed by atoms with Crippen molar-refractivity contribution < 1.29 is 0 Å². The van der Waals surface area contributed by atoms with E-state index in [4.69, 9.17) is 10.2 Å². The zero-order valence-corrected chi connectivity index (χ0v) is 13.0. The number of nitrogens with one attached hydrogen (secondary N) is 1. The van der Waals surface area contributed by atoms with Gasteiger partial charge >= 0.3 is 0 Å². The van der Waals surface area contributed by atoms with Crippen LogP contribution in [0.2, 0.25) is 0 Å². The first-order chi connectivity index (χ1) is 9.86. The molecule has 0 unspecified atom stereocenters. The van der Waals surface area contributed by atoms with Crippen molar-refractivity contribution in [2.75, 3.05) is 12.4 Å². The molecule has 0 aromatic carbocycles. The van der Waals surface area contributed by atoms with Gasteiger partial charge in [0, 0.05) is 36.0 Å². The molecule has 0 saturated carbocycles. The number of hydrogen-bond donors (Lipinski definition) is 1. The van der Waals surface area contributed by atoms with Crippen LogP contribution in [0.1, 0.15) is 37.7 Å². The third-order valence-electron chi connectivity index (χ3n) is 3.19. The molecular weight excluding hydrogens is 262 g/mol. The van der Waals surface area contributed by atoms with Gasteiger partial charge in [0.1, 0.15) is 17.7 Å². The molecule has 0 spiro atoms. The standard InChI is InChI=1S/C16H19N5/c1-10-13(12-6-11(7-17)8-19-9-12)20-15(16(2,3)4)21-14(10)18-5/h6,8-9H,1-5H3,(H,18,20,21). The Morgan fingerprint density at radius 3 is 2.48 bits per heavy atom. The Bertz CT molecular complexity index is 708. The highest BCUT2D eigenvalue weighted by Crippen LogP contribution is 2.29. The Labute approximate surface area is 125 Å². The van der Waals surface area contributed by atoms with Crippen LogP contribution in [0, 0.1) is 18.3 Å². The number of rotatable bonds is 2. The summed E-state index contributed by atoms with van der Waals surface area (Å²) in [7, 11) is 1.84. The summed E-state index contributed by atoms with van der Waals surface area (Å²) in [5.74, 6) is 1.56. The minimum Gasteiger partial charge on any atom is -0.373 e. The molecule has 2 rings (SSSR count). The van der Waals surface area contributed by atoms with Gasteiger partial charge in [-0.2, -0.15) is 5.26 Å². The van der Waals surface area contributed by atoms with Gasteiger partial charge in [0.25, 0.3) is 0 Å². The monoisotopic (exact) mass is 281 g/mol. The summed E-state index contributed by atoms with van der Waals surface area (Å²) in [6.45, 7) is 8.19. The van der Waals surface area contributed by atoms with E-state index in [0.717, 1.165) is 28.5 Å². The molecule has 2 aromatic heterocycles.